The van der Waals surface area contributed by atoms with Crippen molar-refractivity contribution in [1.82, 2.24) is 14.5 Å². The molecule has 28 heavy (non-hydrogen) atoms. The monoisotopic (exact) mass is 433 g/mol. The largest absolute Gasteiger partial charge is 0.339 e. The van der Waals surface area contributed by atoms with Crippen molar-refractivity contribution in [3.8, 4) is 5.69 Å². The van der Waals surface area contributed by atoms with E-state index in [4.69, 9.17) is 11.6 Å². The molecule has 0 aliphatic carbocycles. The molecule has 1 saturated heterocycles. The minimum atomic E-state index is -0.122. The van der Waals surface area contributed by atoms with E-state index in [0.29, 0.717) is 26.1 Å². The quantitative estimate of drug-likeness (QED) is 0.446. The zero-order valence-electron chi connectivity index (χ0n) is 15.4. The van der Waals surface area contributed by atoms with E-state index in [1.807, 2.05) is 16.3 Å². The minimum absolute atomic E-state index is 0.0968. The van der Waals surface area contributed by atoms with Gasteiger partial charge in [-0.1, -0.05) is 23.4 Å². The van der Waals surface area contributed by atoms with Crippen LogP contribution in [0, 0.1) is 0 Å². The Morgan fingerprint density at radius 3 is 2.82 bits per heavy atom. The molecule has 146 valence electrons. The number of thiophene rings is 1. The van der Waals surface area contributed by atoms with E-state index in [9.17, 15) is 9.59 Å². The first kappa shape index (κ1) is 19.5. The van der Waals surface area contributed by atoms with E-state index in [1.54, 1.807) is 28.8 Å². The normalized spacial score (nSPS) is 17.2. The molecule has 2 aromatic heterocycles. The van der Waals surface area contributed by atoms with Crippen LogP contribution in [0.1, 0.15) is 26.2 Å². The summed E-state index contributed by atoms with van der Waals surface area (Å²) in [7, 11) is 0. The molecule has 1 unspecified atom stereocenters. The zero-order chi connectivity index (χ0) is 19.7. The van der Waals surface area contributed by atoms with Crippen LogP contribution < -0.4 is 5.56 Å². The van der Waals surface area contributed by atoms with Crippen molar-refractivity contribution in [3.05, 3.63) is 51.1 Å². The predicted octanol–water partition coefficient (Wildman–Crippen LogP) is 4.59. The number of thioether (sulfide) groups is 1. The second-order valence-electron chi connectivity index (χ2n) is 6.87. The number of piperidine rings is 1. The number of rotatable bonds is 4. The molecule has 0 N–H and O–H groups in total. The number of benzene rings is 1. The van der Waals surface area contributed by atoms with Crippen molar-refractivity contribution in [2.45, 2.75) is 37.4 Å². The van der Waals surface area contributed by atoms with Gasteiger partial charge in [-0.3, -0.25) is 14.2 Å². The summed E-state index contributed by atoms with van der Waals surface area (Å²) in [5.74, 6) is 0.361. The van der Waals surface area contributed by atoms with Gasteiger partial charge < -0.3 is 4.90 Å². The van der Waals surface area contributed by atoms with Gasteiger partial charge in [-0.15, -0.1) is 11.3 Å². The van der Waals surface area contributed by atoms with Crippen molar-refractivity contribution in [3.63, 3.8) is 0 Å². The topological polar surface area (TPSA) is 55.2 Å². The first-order chi connectivity index (χ1) is 13.5. The minimum Gasteiger partial charge on any atom is -0.339 e. The molecule has 1 atom stereocenters. The van der Waals surface area contributed by atoms with E-state index < -0.39 is 0 Å². The Balaban J connectivity index is 1.67. The number of hydrogen-bond donors (Lipinski definition) is 0. The smallest absolute Gasteiger partial charge is 0.276 e. The van der Waals surface area contributed by atoms with Crippen LogP contribution in [-0.4, -0.2) is 38.7 Å². The summed E-state index contributed by atoms with van der Waals surface area (Å²) < 4.78 is 2.18. The molecule has 3 heterocycles. The lowest BCUT2D eigenvalue weighted by Crippen LogP contribution is -2.43. The third-order valence-electron chi connectivity index (χ3n) is 4.98. The molecule has 1 aliphatic heterocycles. The van der Waals surface area contributed by atoms with E-state index in [-0.39, 0.29) is 23.3 Å². The van der Waals surface area contributed by atoms with Crippen molar-refractivity contribution in [2.24, 2.45) is 0 Å². The predicted molar refractivity (Wildman–Crippen MR) is 116 cm³/mol. The van der Waals surface area contributed by atoms with Crippen LogP contribution in [0.3, 0.4) is 0 Å². The molecule has 8 heteroatoms. The third-order valence-corrected chi connectivity index (χ3v) is 7.05. The molecular formula is C20H20ClN3O2S2. The van der Waals surface area contributed by atoms with Gasteiger partial charge in [0, 0.05) is 17.6 Å². The van der Waals surface area contributed by atoms with Gasteiger partial charge in [-0.05, 0) is 61.9 Å². The SMILES string of the molecule is CC1CCCCN1C(=O)CSc1nc2ccsc2c(=O)n1-c1ccc(Cl)cc1. The highest BCUT2D eigenvalue weighted by Gasteiger charge is 2.24. The molecule has 1 fully saturated rings. The fourth-order valence-electron chi connectivity index (χ4n) is 3.48. The average Bonchev–Trinajstić information content (AvgIpc) is 3.16. The Bertz CT molecular complexity index is 1060. The average molecular weight is 434 g/mol. The molecule has 3 aromatic rings. The number of carbonyl (C=O) groups is 1. The van der Waals surface area contributed by atoms with Gasteiger partial charge in [0.25, 0.3) is 5.56 Å². The number of carbonyl (C=O) groups excluding carboxylic acids is 1. The Hall–Kier alpha value is -1.83. The maximum atomic E-state index is 13.1. The molecule has 0 saturated carbocycles. The first-order valence-electron chi connectivity index (χ1n) is 9.23. The maximum absolute atomic E-state index is 13.1. The second kappa shape index (κ2) is 8.27. The van der Waals surface area contributed by atoms with E-state index in [0.717, 1.165) is 19.4 Å². The number of nitrogens with zero attached hydrogens (tertiary/aromatic N) is 3. The van der Waals surface area contributed by atoms with Gasteiger partial charge in [-0.25, -0.2) is 4.98 Å². The summed E-state index contributed by atoms with van der Waals surface area (Å²) >= 11 is 8.69. The van der Waals surface area contributed by atoms with E-state index in [1.165, 1.54) is 29.5 Å². The lowest BCUT2D eigenvalue weighted by Gasteiger charge is -2.33. The number of likely N-dealkylation sites (tertiary alicyclic amines) is 1. The lowest BCUT2D eigenvalue weighted by atomic mass is 10.0. The molecule has 5 nitrogen and oxygen atoms in total. The molecule has 0 radical (unpaired) electrons. The Labute approximate surface area is 176 Å². The van der Waals surface area contributed by atoms with Crippen LogP contribution in [0.15, 0.2) is 45.7 Å². The summed E-state index contributed by atoms with van der Waals surface area (Å²) in [6, 6.07) is 9.19. The number of halogens is 1. The van der Waals surface area contributed by atoms with Crippen molar-refractivity contribution < 1.29 is 4.79 Å². The van der Waals surface area contributed by atoms with Crippen LogP contribution in [-0.2, 0) is 4.79 Å². The molecule has 0 spiro atoms. The number of aromatic nitrogens is 2. The highest BCUT2D eigenvalue weighted by molar-refractivity contribution is 7.99. The molecule has 1 amide bonds. The van der Waals surface area contributed by atoms with E-state index in [2.05, 4.69) is 11.9 Å². The number of fused-ring (bicyclic) bond motifs is 1. The highest BCUT2D eigenvalue weighted by Crippen LogP contribution is 2.25. The van der Waals surface area contributed by atoms with Crippen molar-refractivity contribution in [1.29, 1.82) is 0 Å². The summed E-state index contributed by atoms with van der Waals surface area (Å²) in [5, 5.41) is 2.99. The second-order valence-corrected chi connectivity index (χ2v) is 9.16. The number of amides is 1. The van der Waals surface area contributed by atoms with Crippen molar-refractivity contribution >= 4 is 50.8 Å². The van der Waals surface area contributed by atoms with Gasteiger partial charge in [0.05, 0.1) is 17.0 Å². The maximum Gasteiger partial charge on any atom is 0.276 e. The fraction of sp³-hybridized carbons (Fsp3) is 0.350. The highest BCUT2D eigenvalue weighted by atomic mass is 35.5. The van der Waals surface area contributed by atoms with Crippen molar-refractivity contribution in [2.75, 3.05) is 12.3 Å². The summed E-state index contributed by atoms with van der Waals surface area (Å²) in [6.45, 7) is 2.91. The van der Waals surface area contributed by atoms with Crippen LogP contribution >= 0.6 is 34.7 Å². The van der Waals surface area contributed by atoms with Crippen LogP contribution in [0.25, 0.3) is 15.9 Å². The van der Waals surface area contributed by atoms with Crippen LogP contribution in [0.2, 0.25) is 5.02 Å². The van der Waals surface area contributed by atoms with E-state index >= 15 is 0 Å². The fourth-order valence-corrected chi connectivity index (χ4v) is 5.27. The third kappa shape index (κ3) is 3.83. The standard InChI is InChI=1S/C20H20ClN3O2S2/c1-13-4-2-3-10-23(13)17(25)12-28-20-22-16-9-11-27-18(16)19(26)24(20)15-7-5-14(21)6-8-15/h5-9,11,13H,2-4,10,12H2,1H3. The summed E-state index contributed by atoms with van der Waals surface area (Å²) in [5.41, 5.74) is 1.24. The van der Waals surface area contributed by atoms with Gasteiger partial charge in [0.15, 0.2) is 5.16 Å². The Kier molecular flexibility index (Phi) is 5.75. The zero-order valence-corrected chi connectivity index (χ0v) is 17.8. The summed E-state index contributed by atoms with van der Waals surface area (Å²) in [4.78, 5) is 32.4. The van der Waals surface area contributed by atoms with Gasteiger partial charge in [0.2, 0.25) is 5.91 Å². The van der Waals surface area contributed by atoms with Gasteiger partial charge in [-0.2, -0.15) is 0 Å². The van der Waals surface area contributed by atoms with Gasteiger partial charge >= 0.3 is 0 Å². The lowest BCUT2D eigenvalue weighted by molar-refractivity contribution is -0.131. The van der Waals surface area contributed by atoms with Crippen LogP contribution in [0.5, 0.6) is 0 Å². The molecule has 4 rings (SSSR count). The summed E-state index contributed by atoms with van der Waals surface area (Å²) in [6.07, 6.45) is 3.27. The Morgan fingerprint density at radius 1 is 1.29 bits per heavy atom. The van der Waals surface area contributed by atoms with Gasteiger partial charge in [0.1, 0.15) is 4.70 Å². The molecule has 0 bridgehead atoms. The number of hydrogen-bond acceptors (Lipinski definition) is 5. The first-order valence-corrected chi connectivity index (χ1v) is 11.5. The Morgan fingerprint density at radius 2 is 2.07 bits per heavy atom. The van der Waals surface area contributed by atoms with Crippen LogP contribution in [0.4, 0.5) is 0 Å². The molecule has 1 aromatic carbocycles. The molecular weight excluding hydrogens is 414 g/mol. The molecule has 1 aliphatic rings.